The van der Waals surface area contributed by atoms with Crippen LogP contribution in [0.25, 0.3) is 10.1 Å². The van der Waals surface area contributed by atoms with Crippen molar-refractivity contribution >= 4 is 21.4 Å². The van der Waals surface area contributed by atoms with Gasteiger partial charge in [0.15, 0.2) is 0 Å². The van der Waals surface area contributed by atoms with Crippen molar-refractivity contribution in [1.29, 1.82) is 0 Å². The van der Waals surface area contributed by atoms with E-state index in [9.17, 15) is 0 Å². The van der Waals surface area contributed by atoms with E-state index < -0.39 is 0 Å². The van der Waals surface area contributed by atoms with Gasteiger partial charge in [-0.15, -0.1) is 11.3 Å². The van der Waals surface area contributed by atoms with Crippen molar-refractivity contribution in [2.45, 2.75) is 25.8 Å². The van der Waals surface area contributed by atoms with Crippen LogP contribution in [0.1, 0.15) is 18.9 Å². The molecule has 0 spiro atoms. The molecule has 0 saturated heterocycles. The third kappa shape index (κ3) is 4.03. The lowest BCUT2D eigenvalue weighted by Gasteiger charge is -2.20. The minimum atomic E-state index is 0.574. The fourth-order valence-electron chi connectivity index (χ4n) is 2.44. The van der Waals surface area contributed by atoms with Gasteiger partial charge in [-0.05, 0) is 62.4 Å². The van der Waals surface area contributed by atoms with Gasteiger partial charge in [0, 0.05) is 10.7 Å². The largest absolute Gasteiger partial charge is 0.314 e. The van der Waals surface area contributed by atoms with Gasteiger partial charge in [0.05, 0.1) is 0 Å². The zero-order valence-corrected chi connectivity index (χ0v) is 13.0. The quantitative estimate of drug-likeness (QED) is 0.834. The highest BCUT2D eigenvalue weighted by Crippen LogP contribution is 2.26. The van der Waals surface area contributed by atoms with Gasteiger partial charge in [-0.3, -0.25) is 0 Å². The molecule has 2 aromatic rings. The Labute approximate surface area is 120 Å². The Morgan fingerprint density at radius 3 is 2.79 bits per heavy atom. The molecule has 0 aliphatic rings. The van der Waals surface area contributed by atoms with E-state index in [1.54, 1.807) is 0 Å². The summed E-state index contributed by atoms with van der Waals surface area (Å²) in [5.41, 5.74) is 1.49. The minimum absolute atomic E-state index is 0.574. The number of hydrogen-bond donors (Lipinski definition) is 1. The van der Waals surface area contributed by atoms with Crippen LogP contribution in [0.2, 0.25) is 0 Å². The number of nitrogens with one attached hydrogen (secondary N) is 1. The van der Waals surface area contributed by atoms with Gasteiger partial charge in [0.2, 0.25) is 0 Å². The zero-order chi connectivity index (χ0) is 13.7. The number of hydrogen-bond acceptors (Lipinski definition) is 3. The predicted molar refractivity (Wildman–Crippen MR) is 86.2 cm³/mol. The van der Waals surface area contributed by atoms with Crippen molar-refractivity contribution in [2.24, 2.45) is 0 Å². The van der Waals surface area contributed by atoms with Crippen molar-refractivity contribution in [2.75, 3.05) is 27.2 Å². The third-order valence-electron chi connectivity index (χ3n) is 3.45. The Bertz CT molecular complexity index is 504. The minimum Gasteiger partial charge on any atom is -0.314 e. The van der Waals surface area contributed by atoms with Crippen molar-refractivity contribution in [3.8, 4) is 0 Å². The highest BCUT2D eigenvalue weighted by atomic mass is 32.1. The third-order valence-corrected chi connectivity index (χ3v) is 4.46. The molecular weight excluding hydrogens is 252 g/mol. The van der Waals surface area contributed by atoms with E-state index in [-0.39, 0.29) is 0 Å². The van der Waals surface area contributed by atoms with E-state index in [2.05, 4.69) is 60.9 Å². The van der Waals surface area contributed by atoms with Gasteiger partial charge in [-0.1, -0.05) is 25.1 Å². The van der Waals surface area contributed by atoms with E-state index in [0.29, 0.717) is 6.04 Å². The van der Waals surface area contributed by atoms with Gasteiger partial charge in [0.1, 0.15) is 0 Å². The van der Waals surface area contributed by atoms with Gasteiger partial charge in [0.25, 0.3) is 0 Å². The number of rotatable bonds is 7. The standard InChI is InChI=1S/C16H24N2S/c1-4-17-14(9-10-18(2)3)11-13-12-19-16-8-6-5-7-15(13)16/h5-8,12,14,17H,4,9-11H2,1-3H3. The van der Waals surface area contributed by atoms with E-state index in [1.807, 2.05) is 11.3 Å². The van der Waals surface area contributed by atoms with E-state index in [4.69, 9.17) is 0 Å². The molecule has 2 nitrogen and oxygen atoms in total. The molecule has 0 fully saturated rings. The van der Waals surface area contributed by atoms with Crippen molar-refractivity contribution in [3.05, 3.63) is 35.2 Å². The molecule has 19 heavy (non-hydrogen) atoms. The highest BCUT2D eigenvalue weighted by Gasteiger charge is 2.12. The van der Waals surface area contributed by atoms with E-state index in [0.717, 1.165) is 19.5 Å². The molecule has 1 aromatic carbocycles. The number of nitrogens with zero attached hydrogens (tertiary/aromatic N) is 1. The Balaban J connectivity index is 2.07. The number of fused-ring (bicyclic) bond motifs is 1. The number of thiophene rings is 1. The van der Waals surface area contributed by atoms with Crippen LogP contribution in [0, 0.1) is 0 Å². The maximum atomic E-state index is 3.62. The first-order valence-corrected chi connectivity index (χ1v) is 7.92. The summed E-state index contributed by atoms with van der Waals surface area (Å²) < 4.78 is 1.40. The van der Waals surface area contributed by atoms with Crippen LogP contribution in [-0.4, -0.2) is 38.1 Å². The summed E-state index contributed by atoms with van der Waals surface area (Å²) in [6.45, 7) is 4.37. The highest BCUT2D eigenvalue weighted by molar-refractivity contribution is 7.17. The Kier molecular flexibility index (Phi) is 5.37. The topological polar surface area (TPSA) is 15.3 Å². The first-order chi connectivity index (χ1) is 9.20. The molecule has 0 aliphatic heterocycles. The summed E-state index contributed by atoms with van der Waals surface area (Å²) in [6.07, 6.45) is 2.33. The van der Waals surface area contributed by atoms with Crippen molar-refractivity contribution < 1.29 is 0 Å². The van der Waals surface area contributed by atoms with Crippen LogP contribution in [0.4, 0.5) is 0 Å². The lowest BCUT2D eigenvalue weighted by molar-refractivity contribution is 0.359. The molecule has 0 radical (unpaired) electrons. The molecule has 1 unspecified atom stereocenters. The molecule has 0 saturated carbocycles. The zero-order valence-electron chi connectivity index (χ0n) is 12.1. The monoisotopic (exact) mass is 276 g/mol. The summed E-state index contributed by atoms with van der Waals surface area (Å²) >= 11 is 1.86. The van der Waals surface area contributed by atoms with E-state index in [1.165, 1.54) is 22.1 Å². The molecule has 1 aromatic heterocycles. The average Bonchev–Trinajstić information content (AvgIpc) is 2.80. The second-order valence-electron chi connectivity index (χ2n) is 5.31. The molecule has 1 atom stereocenters. The van der Waals surface area contributed by atoms with Gasteiger partial charge >= 0.3 is 0 Å². The lowest BCUT2D eigenvalue weighted by Crippen LogP contribution is -2.34. The van der Waals surface area contributed by atoms with Crippen LogP contribution in [0.3, 0.4) is 0 Å². The smallest absolute Gasteiger partial charge is 0.0345 e. The SMILES string of the molecule is CCNC(CCN(C)C)Cc1csc2ccccc12. The van der Waals surface area contributed by atoms with Crippen LogP contribution >= 0.6 is 11.3 Å². The molecule has 2 rings (SSSR count). The maximum Gasteiger partial charge on any atom is 0.0345 e. The molecule has 0 aliphatic carbocycles. The summed E-state index contributed by atoms with van der Waals surface area (Å²) in [7, 11) is 4.28. The van der Waals surface area contributed by atoms with Crippen LogP contribution < -0.4 is 5.32 Å². The second kappa shape index (κ2) is 7.04. The maximum absolute atomic E-state index is 3.62. The fourth-order valence-corrected chi connectivity index (χ4v) is 3.41. The molecule has 3 heteroatoms. The second-order valence-corrected chi connectivity index (χ2v) is 6.22. The predicted octanol–water partition coefficient (Wildman–Crippen LogP) is 3.37. The lowest BCUT2D eigenvalue weighted by atomic mass is 10.0. The molecular formula is C16H24N2S. The van der Waals surface area contributed by atoms with Crippen LogP contribution in [0.5, 0.6) is 0 Å². The molecule has 1 heterocycles. The average molecular weight is 276 g/mol. The Morgan fingerprint density at radius 2 is 2.05 bits per heavy atom. The molecule has 0 bridgehead atoms. The van der Waals surface area contributed by atoms with Gasteiger partial charge < -0.3 is 10.2 Å². The normalized spacial score (nSPS) is 13.3. The summed E-state index contributed by atoms with van der Waals surface area (Å²) in [5.74, 6) is 0. The molecule has 104 valence electrons. The van der Waals surface area contributed by atoms with E-state index >= 15 is 0 Å². The first-order valence-electron chi connectivity index (χ1n) is 7.04. The number of benzene rings is 1. The first kappa shape index (κ1) is 14.5. The van der Waals surface area contributed by atoms with Gasteiger partial charge in [-0.2, -0.15) is 0 Å². The molecule has 1 N–H and O–H groups in total. The van der Waals surface area contributed by atoms with Crippen molar-refractivity contribution in [1.82, 2.24) is 10.2 Å². The summed E-state index contributed by atoms with van der Waals surface area (Å²) in [4.78, 5) is 2.26. The van der Waals surface area contributed by atoms with Crippen molar-refractivity contribution in [3.63, 3.8) is 0 Å². The Morgan fingerprint density at radius 1 is 1.26 bits per heavy atom. The van der Waals surface area contributed by atoms with Gasteiger partial charge in [-0.25, -0.2) is 0 Å². The fraction of sp³-hybridized carbons (Fsp3) is 0.500. The van der Waals surface area contributed by atoms with Crippen LogP contribution in [0.15, 0.2) is 29.6 Å². The Hall–Kier alpha value is -0.900. The number of likely N-dealkylation sites (N-methyl/N-ethyl adjacent to an activating group) is 1. The summed E-state index contributed by atoms with van der Waals surface area (Å²) in [6, 6.07) is 9.30. The summed E-state index contributed by atoms with van der Waals surface area (Å²) in [5, 5.41) is 7.37. The van der Waals surface area contributed by atoms with Crippen LogP contribution in [-0.2, 0) is 6.42 Å². The molecule has 0 amide bonds.